The zero-order valence-electron chi connectivity index (χ0n) is 17.5. The van der Waals surface area contributed by atoms with Crippen LogP contribution in [0.4, 0.5) is 0 Å². The topological polar surface area (TPSA) is 81.3 Å². The van der Waals surface area contributed by atoms with Crippen molar-refractivity contribution in [1.82, 2.24) is 9.97 Å². The molecule has 4 rings (SSSR count). The second-order valence-electron chi connectivity index (χ2n) is 7.33. The van der Waals surface area contributed by atoms with Crippen LogP contribution in [0, 0.1) is 20.8 Å². The van der Waals surface area contributed by atoms with Gasteiger partial charge in [0.05, 0.1) is 5.39 Å². The molecule has 0 aliphatic carbocycles. The van der Waals surface area contributed by atoms with Gasteiger partial charge in [-0.2, -0.15) is 0 Å². The molecule has 2 aromatic heterocycles. The quantitative estimate of drug-likeness (QED) is 0.439. The van der Waals surface area contributed by atoms with Gasteiger partial charge in [0.15, 0.2) is 0 Å². The van der Waals surface area contributed by atoms with Gasteiger partial charge in [-0.25, -0.2) is 9.78 Å². The van der Waals surface area contributed by atoms with E-state index in [4.69, 9.17) is 9.47 Å². The largest absolute Gasteiger partial charge is 0.488 e. The number of nitrogens with zero attached hydrogens (tertiary/aromatic N) is 1. The van der Waals surface area contributed by atoms with Crippen molar-refractivity contribution in [1.29, 1.82) is 0 Å². The molecule has 0 unspecified atom stereocenters. The Labute approximate surface area is 183 Å². The number of carbonyl (C=O) groups is 1. The van der Waals surface area contributed by atoms with Crippen LogP contribution in [0.25, 0.3) is 10.2 Å². The van der Waals surface area contributed by atoms with E-state index >= 15 is 0 Å². The summed E-state index contributed by atoms with van der Waals surface area (Å²) in [6.45, 7) is 6.08. The van der Waals surface area contributed by atoms with Gasteiger partial charge in [-0.3, -0.25) is 4.79 Å². The number of fused-ring (bicyclic) bond motifs is 1. The molecule has 7 heteroatoms. The highest BCUT2D eigenvalue weighted by molar-refractivity contribution is 7.18. The first kappa shape index (κ1) is 20.8. The molecule has 1 N–H and O–H groups in total. The molecule has 0 aliphatic rings. The number of para-hydroxylation sites is 1. The molecule has 0 fully saturated rings. The molecular weight excluding hydrogens is 412 g/mol. The van der Waals surface area contributed by atoms with Gasteiger partial charge >= 0.3 is 5.97 Å². The average molecular weight is 435 g/mol. The first-order chi connectivity index (χ1) is 14.9. The Morgan fingerprint density at radius 3 is 2.68 bits per heavy atom. The number of hydrogen-bond acceptors (Lipinski definition) is 6. The summed E-state index contributed by atoms with van der Waals surface area (Å²) in [5.41, 5.74) is 3.18. The van der Waals surface area contributed by atoms with Crippen LogP contribution in [0.5, 0.6) is 5.75 Å². The van der Waals surface area contributed by atoms with E-state index in [0.29, 0.717) is 34.0 Å². The highest BCUT2D eigenvalue weighted by atomic mass is 32.1. The monoisotopic (exact) mass is 434 g/mol. The molecule has 0 saturated carbocycles. The predicted octanol–water partition coefficient (Wildman–Crippen LogP) is 4.85. The SMILES string of the molecule is Cc1cccc(COc2ccccc2C(=O)OCc2nc3sc(C)c(C)c3c(=O)[nH]2)c1. The Bertz CT molecular complexity index is 1320. The summed E-state index contributed by atoms with van der Waals surface area (Å²) in [4.78, 5) is 33.9. The van der Waals surface area contributed by atoms with E-state index in [-0.39, 0.29) is 12.2 Å². The lowest BCUT2D eigenvalue weighted by Crippen LogP contribution is -2.14. The maximum absolute atomic E-state index is 12.7. The van der Waals surface area contributed by atoms with E-state index < -0.39 is 5.97 Å². The van der Waals surface area contributed by atoms with Crippen LogP contribution >= 0.6 is 11.3 Å². The molecule has 0 radical (unpaired) electrons. The number of nitrogens with one attached hydrogen (secondary N) is 1. The zero-order valence-corrected chi connectivity index (χ0v) is 18.3. The summed E-state index contributed by atoms with van der Waals surface area (Å²) in [5, 5.41) is 0.590. The third-order valence-corrected chi connectivity index (χ3v) is 6.11. The summed E-state index contributed by atoms with van der Waals surface area (Å²) >= 11 is 1.45. The second kappa shape index (κ2) is 8.73. The molecule has 0 bridgehead atoms. The van der Waals surface area contributed by atoms with Crippen LogP contribution in [0.1, 0.15) is 37.7 Å². The van der Waals surface area contributed by atoms with Crippen LogP contribution in [0.2, 0.25) is 0 Å². The number of hydrogen-bond donors (Lipinski definition) is 1. The van der Waals surface area contributed by atoms with E-state index in [1.165, 1.54) is 11.3 Å². The smallest absolute Gasteiger partial charge is 0.342 e. The number of thiophene rings is 1. The molecular formula is C24H22N2O4S. The number of carbonyl (C=O) groups excluding carboxylic acids is 1. The number of aromatic nitrogens is 2. The number of aryl methyl sites for hydroxylation is 3. The Morgan fingerprint density at radius 2 is 1.87 bits per heavy atom. The maximum atomic E-state index is 12.7. The van der Waals surface area contributed by atoms with Crippen molar-refractivity contribution in [3.05, 3.63) is 91.8 Å². The average Bonchev–Trinajstić information content (AvgIpc) is 3.04. The summed E-state index contributed by atoms with van der Waals surface area (Å²) < 4.78 is 11.3. The Kier molecular flexibility index (Phi) is 5.86. The normalized spacial score (nSPS) is 10.9. The molecule has 31 heavy (non-hydrogen) atoms. The van der Waals surface area contributed by atoms with Crippen molar-refractivity contribution in [2.24, 2.45) is 0 Å². The number of H-pyrrole nitrogens is 1. The molecule has 0 saturated heterocycles. The van der Waals surface area contributed by atoms with Crippen LogP contribution in [-0.4, -0.2) is 15.9 Å². The molecule has 4 aromatic rings. The fourth-order valence-electron chi connectivity index (χ4n) is 3.30. The number of aromatic amines is 1. The van der Waals surface area contributed by atoms with Gasteiger partial charge in [-0.05, 0) is 44.0 Å². The minimum atomic E-state index is -0.541. The number of benzene rings is 2. The van der Waals surface area contributed by atoms with Crippen LogP contribution in [0.3, 0.4) is 0 Å². The van der Waals surface area contributed by atoms with Crippen molar-refractivity contribution >= 4 is 27.5 Å². The van der Waals surface area contributed by atoms with Crippen LogP contribution in [-0.2, 0) is 18.0 Å². The molecule has 2 aromatic carbocycles. The van der Waals surface area contributed by atoms with Gasteiger partial charge in [0.2, 0.25) is 0 Å². The van der Waals surface area contributed by atoms with E-state index in [9.17, 15) is 9.59 Å². The van der Waals surface area contributed by atoms with Crippen molar-refractivity contribution in [3.63, 3.8) is 0 Å². The summed E-state index contributed by atoms with van der Waals surface area (Å²) in [5.74, 6) is 0.210. The Hall–Kier alpha value is -3.45. The summed E-state index contributed by atoms with van der Waals surface area (Å²) in [6, 6.07) is 14.9. The molecule has 158 valence electrons. The van der Waals surface area contributed by atoms with Gasteiger partial charge in [-0.1, -0.05) is 42.0 Å². The van der Waals surface area contributed by atoms with Gasteiger partial charge in [0.1, 0.15) is 35.2 Å². The van der Waals surface area contributed by atoms with Gasteiger partial charge in [0.25, 0.3) is 5.56 Å². The number of esters is 1. The van der Waals surface area contributed by atoms with Gasteiger partial charge < -0.3 is 14.5 Å². The fraction of sp³-hybridized carbons (Fsp3) is 0.208. The third kappa shape index (κ3) is 4.51. The zero-order chi connectivity index (χ0) is 22.0. The third-order valence-electron chi connectivity index (χ3n) is 5.01. The lowest BCUT2D eigenvalue weighted by molar-refractivity contribution is 0.0457. The summed E-state index contributed by atoms with van der Waals surface area (Å²) in [6.07, 6.45) is 0. The first-order valence-corrected chi connectivity index (χ1v) is 10.7. The Balaban J connectivity index is 1.48. The van der Waals surface area contributed by atoms with E-state index in [1.54, 1.807) is 24.3 Å². The van der Waals surface area contributed by atoms with E-state index in [1.807, 2.05) is 45.0 Å². The predicted molar refractivity (Wildman–Crippen MR) is 121 cm³/mol. The van der Waals surface area contributed by atoms with Crippen molar-refractivity contribution in [2.75, 3.05) is 0 Å². The molecule has 0 amide bonds. The number of ether oxygens (including phenoxy) is 2. The fourth-order valence-corrected chi connectivity index (χ4v) is 4.35. The highest BCUT2D eigenvalue weighted by Crippen LogP contribution is 2.26. The highest BCUT2D eigenvalue weighted by Gasteiger charge is 2.16. The molecule has 0 atom stereocenters. The summed E-state index contributed by atoms with van der Waals surface area (Å²) in [7, 11) is 0. The van der Waals surface area contributed by atoms with E-state index in [0.717, 1.165) is 21.6 Å². The molecule has 0 spiro atoms. The first-order valence-electron chi connectivity index (χ1n) is 9.86. The van der Waals surface area contributed by atoms with Gasteiger partial charge in [0, 0.05) is 4.88 Å². The maximum Gasteiger partial charge on any atom is 0.342 e. The molecule has 6 nitrogen and oxygen atoms in total. The lowest BCUT2D eigenvalue weighted by atomic mass is 10.1. The van der Waals surface area contributed by atoms with Crippen LogP contribution < -0.4 is 10.3 Å². The minimum absolute atomic E-state index is 0.133. The van der Waals surface area contributed by atoms with Crippen molar-refractivity contribution in [3.8, 4) is 5.75 Å². The lowest BCUT2D eigenvalue weighted by Gasteiger charge is -2.11. The van der Waals surface area contributed by atoms with Crippen molar-refractivity contribution in [2.45, 2.75) is 34.0 Å². The van der Waals surface area contributed by atoms with Crippen molar-refractivity contribution < 1.29 is 14.3 Å². The van der Waals surface area contributed by atoms with Crippen LogP contribution in [0.15, 0.2) is 53.3 Å². The molecule has 2 heterocycles. The molecule has 0 aliphatic heterocycles. The number of rotatable bonds is 6. The second-order valence-corrected chi connectivity index (χ2v) is 8.53. The Morgan fingerprint density at radius 1 is 1.06 bits per heavy atom. The standard InChI is InChI=1S/C24H22N2O4S/c1-14-7-6-8-17(11-14)12-29-19-10-5-4-9-18(19)24(28)30-13-20-25-22(27)21-15(2)16(3)31-23(21)26-20/h4-11H,12-13H2,1-3H3,(H,25,26,27). The van der Waals surface area contributed by atoms with Gasteiger partial charge in [-0.15, -0.1) is 11.3 Å². The van der Waals surface area contributed by atoms with E-state index in [2.05, 4.69) is 9.97 Å². The minimum Gasteiger partial charge on any atom is -0.488 e.